The molecule has 0 aliphatic heterocycles. The highest BCUT2D eigenvalue weighted by atomic mass is 19.4. The molecule has 1 atom stereocenters. The van der Waals surface area contributed by atoms with Gasteiger partial charge in [0.25, 0.3) is 0 Å². The van der Waals surface area contributed by atoms with Crippen LogP contribution in [0, 0.1) is 29.4 Å². The molecule has 2 saturated carbocycles. The summed E-state index contributed by atoms with van der Waals surface area (Å²) in [4.78, 5) is 0. The number of ether oxygens (including phenoxy) is 1. The Hall–Kier alpha value is -2.37. The summed E-state index contributed by atoms with van der Waals surface area (Å²) in [7, 11) is 0. The summed E-state index contributed by atoms with van der Waals surface area (Å²) < 4.78 is 70.3. The largest absolute Gasteiger partial charge is 0.573 e. The van der Waals surface area contributed by atoms with Crippen LogP contribution in [0.1, 0.15) is 106 Å². The SMILES string of the molecule is CC1CCC(c2ccc(C3=CCC(C4CCC(c5ccc(OC(F)(F)F)c(F)c5)CC4)CC3)c(F)c2)CC1. The number of hydrogen-bond donors (Lipinski definition) is 0. The Labute approximate surface area is 222 Å². The van der Waals surface area contributed by atoms with Crippen molar-refractivity contribution in [2.75, 3.05) is 0 Å². The van der Waals surface area contributed by atoms with E-state index in [0.29, 0.717) is 17.8 Å². The third-order valence-corrected chi connectivity index (χ3v) is 9.37. The van der Waals surface area contributed by atoms with Crippen LogP contribution in [0.3, 0.4) is 0 Å². The molecule has 2 aromatic rings. The van der Waals surface area contributed by atoms with Gasteiger partial charge >= 0.3 is 6.36 Å². The van der Waals surface area contributed by atoms with E-state index in [1.165, 1.54) is 18.9 Å². The summed E-state index contributed by atoms with van der Waals surface area (Å²) in [5.74, 6) is 0.697. The van der Waals surface area contributed by atoms with E-state index in [-0.39, 0.29) is 11.7 Å². The van der Waals surface area contributed by atoms with E-state index in [1.54, 1.807) is 12.1 Å². The Kier molecular flexibility index (Phi) is 8.16. The van der Waals surface area contributed by atoms with E-state index >= 15 is 4.39 Å². The molecule has 1 nitrogen and oxygen atoms in total. The number of halogens is 5. The van der Waals surface area contributed by atoms with E-state index in [1.807, 2.05) is 6.07 Å². The lowest BCUT2D eigenvalue weighted by Crippen LogP contribution is -2.23. The van der Waals surface area contributed by atoms with Crippen molar-refractivity contribution in [1.29, 1.82) is 0 Å². The Morgan fingerprint density at radius 1 is 0.711 bits per heavy atom. The minimum atomic E-state index is -4.90. The quantitative estimate of drug-likeness (QED) is 0.348. The second kappa shape index (κ2) is 11.4. The van der Waals surface area contributed by atoms with Crippen LogP contribution in [0.15, 0.2) is 42.5 Å². The van der Waals surface area contributed by atoms with Crippen molar-refractivity contribution in [3.8, 4) is 5.75 Å². The molecule has 0 aromatic heterocycles. The van der Waals surface area contributed by atoms with Crippen LogP contribution in [0.4, 0.5) is 22.0 Å². The molecular formula is C32H37F5O. The number of alkyl halides is 3. The summed E-state index contributed by atoms with van der Waals surface area (Å²) in [6, 6.07) is 9.73. The first-order valence-electron chi connectivity index (χ1n) is 14.2. The molecule has 0 amide bonds. The standard InChI is InChI=1S/C32H37F5O/c1-20-2-4-23(5-3-20)26-14-16-28(29(33)18-26)25-12-10-22(11-13-25)21-6-8-24(9-7-21)27-15-17-31(30(34)19-27)38-32(35,36)37/h12,14-24H,2-11,13H2,1H3. The number of rotatable bonds is 5. The molecule has 1 unspecified atom stereocenters. The normalized spacial score (nSPS) is 28.6. The van der Waals surface area contributed by atoms with Gasteiger partial charge in [0.05, 0.1) is 0 Å². The maximum absolute atomic E-state index is 15.1. The number of benzene rings is 2. The first-order valence-corrected chi connectivity index (χ1v) is 14.2. The first-order chi connectivity index (χ1) is 18.2. The van der Waals surface area contributed by atoms with Crippen LogP contribution in [0.5, 0.6) is 5.75 Å². The van der Waals surface area contributed by atoms with Gasteiger partial charge in [0.15, 0.2) is 11.6 Å². The maximum Gasteiger partial charge on any atom is 0.573 e. The second-order valence-electron chi connectivity index (χ2n) is 11.8. The Bertz CT molecular complexity index is 1140. The molecule has 3 aliphatic carbocycles. The van der Waals surface area contributed by atoms with Crippen molar-refractivity contribution < 1.29 is 26.7 Å². The van der Waals surface area contributed by atoms with Gasteiger partial charge in [0.1, 0.15) is 5.82 Å². The molecule has 6 heteroatoms. The summed E-state index contributed by atoms with van der Waals surface area (Å²) >= 11 is 0. The Balaban J connectivity index is 1.15. The first kappa shape index (κ1) is 27.2. The highest BCUT2D eigenvalue weighted by molar-refractivity contribution is 5.67. The zero-order valence-corrected chi connectivity index (χ0v) is 22.0. The van der Waals surface area contributed by atoms with Gasteiger partial charge in [-0.2, -0.15) is 0 Å². The van der Waals surface area contributed by atoms with Gasteiger partial charge in [-0.15, -0.1) is 13.2 Å². The topological polar surface area (TPSA) is 9.23 Å². The minimum Gasteiger partial charge on any atom is -0.403 e. The fourth-order valence-electron chi connectivity index (χ4n) is 7.07. The fraction of sp³-hybridized carbons (Fsp3) is 0.562. The van der Waals surface area contributed by atoms with Crippen LogP contribution in [-0.4, -0.2) is 6.36 Å². The summed E-state index contributed by atoms with van der Waals surface area (Å²) in [6.45, 7) is 2.30. The highest BCUT2D eigenvalue weighted by Crippen LogP contribution is 2.45. The van der Waals surface area contributed by atoms with E-state index in [2.05, 4.69) is 23.8 Å². The third kappa shape index (κ3) is 6.43. The molecule has 2 aromatic carbocycles. The Morgan fingerprint density at radius 2 is 1.32 bits per heavy atom. The van der Waals surface area contributed by atoms with Gasteiger partial charge in [-0.1, -0.05) is 44.0 Å². The molecule has 3 aliphatic rings. The van der Waals surface area contributed by atoms with E-state index in [9.17, 15) is 17.6 Å². The van der Waals surface area contributed by atoms with Gasteiger partial charge in [-0.05, 0) is 122 Å². The van der Waals surface area contributed by atoms with Crippen molar-refractivity contribution in [2.45, 2.75) is 95.8 Å². The van der Waals surface area contributed by atoms with Crippen LogP contribution in [0.2, 0.25) is 0 Å². The Morgan fingerprint density at radius 3 is 1.87 bits per heavy atom. The molecule has 0 N–H and O–H groups in total. The third-order valence-electron chi connectivity index (χ3n) is 9.37. The zero-order chi connectivity index (χ0) is 26.9. The lowest BCUT2D eigenvalue weighted by molar-refractivity contribution is -0.275. The average molecular weight is 533 g/mol. The molecule has 0 radical (unpaired) electrons. The minimum absolute atomic E-state index is 0.0924. The van der Waals surface area contributed by atoms with Crippen molar-refractivity contribution in [3.63, 3.8) is 0 Å². The molecule has 38 heavy (non-hydrogen) atoms. The molecule has 5 rings (SSSR count). The lowest BCUT2D eigenvalue weighted by Gasteiger charge is -2.36. The van der Waals surface area contributed by atoms with E-state index in [0.717, 1.165) is 92.0 Å². The van der Waals surface area contributed by atoms with Gasteiger partial charge in [0.2, 0.25) is 0 Å². The predicted octanol–water partition coefficient (Wildman–Crippen LogP) is 10.3. The number of allylic oxidation sites excluding steroid dienone is 2. The maximum atomic E-state index is 15.1. The summed E-state index contributed by atoms with van der Waals surface area (Å²) in [6.07, 6.45) is 8.78. The second-order valence-corrected chi connectivity index (χ2v) is 11.8. The van der Waals surface area contributed by atoms with Crippen molar-refractivity contribution >= 4 is 5.57 Å². The smallest absolute Gasteiger partial charge is 0.403 e. The van der Waals surface area contributed by atoms with Gasteiger partial charge in [-0.3, -0.25) is 0 Å². The number of hydrogen-bond acceptors (Lipinski definition) is 1. The van der Waals surface area contributed by atoms with Crippen LogP contribution in [0.25, 0.3) is 5.57 Å². The molecule has 0 heterocycles. The molecule has 0 saturated heterocycles. The lowest BCUT2D eigenvalue weighted by atomic mass is 9.70. The van der Waals surface area contributed by atoms with Crippen molar-refractivity contribution in [2.24, 2.45) is 17.8 Å². The molecular weight excluding hydrogens is 495 g/mol. The monoisotopic (exact) mass is 532 g/mol. The van der Waals surface area contributed by atoms with Crippen LogP contribution < -0.4 is 4.74 Å². The highest BCUT2D eigenvalue weighted by Gasteiger charge is 2.33. The molecule has 2 fully saturated rings. The van der Waals surface area contributed by atoms with Crippen molar-refractivity contribution in [3.05, 3.63) is 70.8 Å². The van der Waals surface area contributed by atoms with Crippen LogP contribution >= 0.6 is 0 Å². The van der Waals surface area contributed by atoms with E-state index in [4.69, 9.17) is 0 Å². The van der Waals surface area contributed by atoms with Gasteiger partial charge in [-0.25, -0.2) is 8.78 Å². The molecule has 0 bridgehead atoms. The predicted molar refractivity (Wildman–Crippen MR) is 140 cm³/mol. The molecule has 0 spiro atoms. The van der Waals surface area contributed by atoms with Crippen LogP contribution in [-0.2, 0) is 0 Å². The van der Waals surface area contributed by atoms with Gasteiger partial charge < -0.3 is 4.74 Å². The fourth-order valence-corrected chi connectivity index (χ4v) is 7.07. The van der Waals surface area contributed by atoms with Crippen molar-refractivity contribution in [1.82, 2.24) is 0 Å². The molecule has 206 valence electrons. The van der Waals surface area contributed by atoms with Gasteiger partial charge in [0, 0.05) is 5.56 Å². The summed E-state index contributed by atoms with van der Waals surface area (Å²) in [5.41, 5.74) is 3.75. The average Bonchev–Trinajstić information content (AvgIpc) is 2.90. The van der Waals surface area contributed by atoms with E-state index < -0.39 is 17.9 Å². The zero-order valence-electron chi connectivity index (χ0n) is 22.0. The summed E-state index contributed by atoms with van der Waals surface area (Å²) in [5, 5.41) is 0.